The number of hydrogen-bond donors (Lipinski definition) is 7. The Hall–Kier alpha value is -12.6. The summed E-state index contributed by atoms with van der Waals surface area (Å²) in [6.07, 6.45) is 8.74. The first-order valence-electron chi connectivity index (χ1n) is 42.8. The Morgan fingerprint density at radius 3 is 0.992 bits per heavy atom. The largest absolute Gasteiger partial charge is 0.465 e. The number of esters is 1. The van der Waals surface area contributed by atoms with E-state index in [2.05, 4.69) is 125 Å². The van der Waals surface area contributed by atoms with E-state index in [0.29, 0.717) is 114 Å². The predicted octanol–water partition coefficient (Wildman–Crippen LogP) is 17.5. The van der Waals surface area contributed by atoms with Crippen LogP contribution in [-0.2, 0) is 62.2 Å². The van der Waals surface area contributed by atoms with Crippen LogP contribution in [0.4, 0.5) is 14.4 Å². The molecule has 8 N–H and O–H groups in total. The average Bonchev–Trinajstić information content (AvgIpc) is 1.63. The first-order chi connectivity index (χ1) is 59.3. The number of aryl methyl sites for hydroxylation is 2. The lowest BCUT2D eigenvalue weighted by atomic mass is 9.98. The number of unbranched alkanes of at least 4 members (excludes halogenated alkanes) is 3. The highest BCUT2D eigenvalue weighted by Crippen LogP contribution is 2.47. The van der Waals surface area contributed by atoms with Crippen LogP contribution in [0.5, 0.6) is 0 Å². The normalized spacial score (nSPS) is 12.7. The maximum Gasteiger partial charge on any atom is 0.407 e. The fourth-order valence-corrected chi connectivity index (χ4v) is 15.3. The highest BCUT2D eigenvalue weighted by atomic mass is 16.6. The van der Waals surface area contributed by atoms with E-state index in [1.165, 1.54) is 57.5 Å². The Balaban J connectivity index is 0.000000189. The lowest BCUT2D eigenvalue weighted by molar-refractivity contribution is -0.141. The summed E-state index contributed by atoms with van der Waals surface area (Å²) in [5, 5.41) is 16.8. The molecule has 4 atom stereocenters. The summed E-state index contributed by atoms with van der Waals surface area (Å²) in [7, 11) is 0. The number of benzene rings is 9. The SMILES string of the molecule is C=CCOC(=O)NCCCCC(NC(=O)OCC1c2ccccc2-c2ccccc21)C(=O)CC.CC(=O)OCC1c2ccccc2-c2ccccc21.CCC(=O)C(CCCCNC(=O)c1ccc(CC)cc1)NC(=O)C(N)Cc1ccccc1.CCC(=O)C(CCCCNC(=O)c1ccc(CC)cc1)NC(=O)OCC1c2ccccc2-c2ccccc21. The highest BCUT2D eigenvalue weighted by molar-refractivity contribution is 5.95. The zero-order valence-electron chi connectivity index (χ0n) is 71.0. The number of Topliss-reactive ketones (excluding diaryl/α,β-unsaturated/α-hetero) is 3. The lowest BCUT2D eigenvalue weighted by Crippen LogP contribution is -2.49. The van der Waals surface area contributed by atoms with Gasteiger partial charge in [-0.25, -0.2) is 14.4 Å². The van der Waals surface area contributed by atoms with Crippen molar-refractivity contribution >= 4 is 59.3 Å². The molecule has 21 nitrogen and oxygen atoms in total. The molecular formula is C101H117N7O14. The summed E-state index contributed by atoms with van der Waals surface area (Å²) in [5.41, 5.74) is 24.9. The van der Waals surface area contributed by atoms with Gasteiger partial charge < -0.3 is 56.6 Å². The van der Waals surface area contributed by atoms with Gasteiger partial charge in [0.25, 0.3) is 11.8 Å². The molecule has 0 bridgehead atoms. The number of carbonyl (C=O) groups is 10. The minimum Gasteiger partial charge on any atom is -0.465 e. The molecule has 122 heavy (non-hydrogen) atoms. The summed E-state index contributed by atoms with van der Waals surface area (Å²) in [5.74, 6) is -0.737. The number of ether oxygens (including phenoxy) is 4. The molecule has 3 aliphatic rings. The van der Waals surface area contributed by atoms with Crippen LogP contribution in [0.3, 0.4) is 0 Å². The van der Waals surface area contributed by atoms with Gasteiger partial charge in [-0.1, -0.05) is 247 Å². The van der Waals surface area contributed by atoms with E-state index in [9.17, 15) is 47.9 Å². The molecule has 0 saturated heterocycles. The minimum atomic E-state index is -0.706. The molecule has 0 fully saturated rings. The van der Waals surface area contributed by atoms with Crippen molar-refractivity contribution in [2.45, 2.75) is 180 Å². The lowest BCUT2D eigenvalue weighted by Gasteiger charge is -2.20. The topological polar surface area (TPSA) is 306 Å². The van der Waals surface area contributed by atoms with Gasteiger partial charge in [0.15, 0.2) is 17.3 Å². The molecule has 9 aromatic rings. The Morgan fingerprint density at radius 2 is 0.672 bits per heavy atom. The second-order valence-corrected chi connectivity index (χ2v) is 30.3. The number of amides is 6. The third-order valence-electron chi connectivity index (χ3n) is 22.0. The van der Waals surface area contributed by atoms with Crippen LogP contribution in [0, 0.1) is 0 Å². The number of ketones is 3. The zero-order valence-corrected chi connectivity index (χ0v) is 71.0. The van der Waals surface area contributed by atoms with Crippen molar-refractivity contribution in [1.82, 2.24) is 31.9 Å². The van der Waals surface area contributed by atoms with Crippen molar-refractivity contribution < 1.29 is 66.9 Å². The maximum atomic E-state index is 12.7. The Labute approximate surface area is 717 Å². The summed E-state index contributed by atoms with van der Waals surface area (Å²) in [6.45, 7) is 16.9. The van der Waals surface area contributed by atoms with Gasteiger partial charge in [-0.05, 0) is 185 Å². The Bertz CT molecular complexity index is 4840. The van der Waals surface area contributed by atoms with Crippen molar-refractivity contribution in [2.24, 2.45) is 5.73 Å². The van der Waals surface area contributed by atoms with Gasteiger partial charge in [0, 0.05) is 74.7 Å². The third-order valence-corrected chi connectivity index (χ3v) is 22.0. The van der Waals surface area contributed by atoms with Gasteiger partial charge in [-0.15, -0.1) is 0 Å². The van der Waals surface area contributed by atoms with Gasteiger partial charge in [-0.2, -0.15) is 0 Å². The summed E-state index contributed by atoms with van der Waals surface area (Å²) < 4.78 is 21.3. The number of alkyl carbamates (subject to hydrolysis) is 3. The van der Waals surface area contributed by atoms with E-state index >= 15 is 0 Å². The third kappa shape index (κ3) is 27.5. The fourth-order valence-electron chi connectivity index (χ4n) is 15.3. The smallest absolute Gasteiger partial charge is 0.407 e. The van der Waals surface area contributed by atoms with E-state index in [4.69, 9.17) is 24.7 Å². The van der Waals surface area contributed by atoms with Crippen molar-refractivity contribution in [1.29, 1.82) is 0 Å². The molecule has 0 spiro atoms. The summed E-state index contributed by atoms with van der Waals surface area (Å²) in [4.78, 5) is 122. The van der Waals surface area contributed by atoms with Crippen LogP contribution in [0.25, 0.3) is 33.4 Å². The average molecular weight is 1650 g/mol. The number of carbonyl (C=O) groups excluding carboxylic acids is 10. The number of fused-ring (bicyclic) bond motifs is 9. The fraction of sp³-hybridized carbons (Fsp3) is 0.347. The van der Waals surface area contributed by atoms with Gasteiger partial charge in [0.05, 0.1) is 24.2 Å². The van der Waals surface area contributed by atoms with Crippen molar-refractivity contribution in [3.05, 3.63) is 298 Å². The molecule has 0 radical (unpaired) electrons. The van der Waals surface area contributed by atoms with E-state index in [1.807, 2.05) is 152 Å². The van der Waals surface area contributed by atoms with Gasteiger partial charge >= 0.3 is 24.2 Å². The van der Waals surface area contributed by atoms with E-state index in [1.54, 1.807) is 20.8 Å². The predicted molar refractivity (Wildman–Crippen MR) is 478 cm³/mol. The number of nitrogens with two attached hydrogens (primary N) is 1. The van der Waals surface area contributed by atoms with Crippen molar-refractivity contribution in [3.8, 4) is 33.4 Å². The van der Waals surface area contributed by atoms with Crippen LogP contribution in [-0.4, -0.2) is 130 Å². The highest BCUT2D eigenvalue weighted by Gasteiger charge is 2.33. The molecule has 6 amide bonds. The van der Waals surface area contributed by atoms with Crippen LogP contribution in [0.15, 0.2) is 237 Å². The van der Waals surface area contributed by atoms with E-state index in [0.717, 1.165) is 58.2 Å². The Kier molecular flexibility index (Phi) is 37.6. The van der Waals surface area contributed by atoms with E-state index in [-0.39, 0.29) is 78.6 Å². The number of hydrogen-bond acceptors (Lipinski definition) is 15. The summed E-state index contributed by atoms with van der Waals surface area (Å²) >= 11 is 0. The van der Waals surface area contributed by atoms with Crippen molar-refractivity contribution in [2.75, 3.05) is 46.1 Å². The van der Waals surface area contributed by atoms with Crippen molar-refractivity contribution in [3.63, 3.8) is 0 Å². The quantitative estimate of drug-likeness (QED) is 0.00815. The number of nitrogens with one attached hydrogen (secondary N) is 6. The zero-order chi connectivity index (χ0) is 87.1. The Morgan fingerprint density at radius 1 is 0.361 bits per heavy atom. The first-order valence-corrected chi connectivity index (χ1v) is 42.8. The second-order valence-electron chi connectivity index (χ2n) is 30.3. The molecule has 3 aliphatic carbocycles. The van der Waals surface area contributed by atoms with Gasteiger partial charge in [0.2, 0.25) is 5.91 Å². The molecular weight excluding hydrogens is 1540 g/mol. The van der Waals surface area contributed by atoms with Gasteiger partial charge in [-0.3, -0.25) is 33.6 Å². The molecule has 4 unspecified atom stereocenters. The summed E-state index contributed by atoms with van der Waals surface area (Å²) in [6, 6.07) is 71.5. The van der Waals surface area contributed by atoms with Gasteiger partial charge in [0.1, 0.15) is 26.4 Å². The molecule has 0 heterocycles. The van der Waals surface area contributed by atoms with Crippen LogP contribution < -0.4 is 37.6 Å². The second kappa shape index (κ2) is 49.2. The van der Waals surface area contributed by atoms with Crippen LogP contribution >= 0.6 is 0 Å². The van der Waals surface area contributed by atoms with Crippen LogP contribution in [0.1, 0.15) is 207 Å². The molecule has 0 aliphatic heterocycles. The molecule has 12 rings (SSSR count). The molecule has 0 saturated carbocycles. The molecule has 640 valence electrons. The minimum absolute atomic E-state index is 0.00897. The monoisotopic (exact) mass is 1650 g/mol. The first kappa shape index (κ1) is 93.2. The maximum absolute atomic E-state index is 12.7. The van der Waals surface area contributed by atoms with E-state index < -0.39 is 42.4 Å². The standard InChI is InChI=1S/C32H36N2O4.C27H32N2O5.C26H35N3O3.C16H14O2/c1-3-22-16-18-23(19-17-22)31(36)33-20-10-9-15-29(30(35)4-2)34-32(37)38-21-28-26-13-7-5-11-24(26)25-12-6-8-14-27(25)28;1-3-17-33-26(31)28-16-10-9-15-24(25(30)4-2)29-27(32)34-18-23-21-13-7-5-11-19(21)20-12-6-8-14-22(20)23;1-3-19-13-15-21(16-14-19)25(31)28-17-9-8-12-23(24(30)4-2)29-26(32)22(27)18-20-10-6-5-7-11-20;1-11(17)18-10-16-14-8-4-2-6-12(14)13-7-3-5-9-15(13)16/h5-8,11-14,16-19,28-29H,3-4,9-10,15,20-21H2,1-2H3,(H,33,36)(H,34,37);3,5-8,11-14,23-24H,1,4,9-10,15-18H2,2H3,(H,28,31)(H,29,32);5-7,10-11,13-16,22-23H,3-4,8-9,12,17-18,27H2,1-2H3,(H,28,31)(H,29,32);2-9,16H,10H2,1H3. The molecule has 21 heteroatoms. The van der Waals surface area contributed by atoms with Crippen LogP contribution in [0.2, 0.25) is 0 Å². The molecule has 0 aromatic heterocycles. The molecule has 9 aromatic carbocycles. The number of rotatable bonds is 39.